The lowest BCUT2D eigenvalue weighted by atomic mass is 10.2. The van der Waals surface area contributed by atoms with Gasteiger partial charge in [0.05, 0.1) is 13.2 Å². The quantitative estimate of drug-likeness (QED) is 0.192. The molecule has 0 spiro atoms. The van der Waals surface area contributed by atoms with E-state index in [1.807, 2.05) is 31.2 Å². The Bertz CT molecular complexity index is 696. The number of ether oxygens (including phenoxy) is 2. The van der Waals surface area contributed by atoms with Crippen LogP contribution in [0.2, 0.25) is 0 Å². The van der Waals surface area contributed by atoms with Gasteiger partial charge in [-0.15, -0.1) is 24.0 Å². The molecule has 2 aromatic rings. The largest absolute Gasteiger partial charge is 0.494 e. The molecule has 0 bridgehead atoms. The van der Waals surface area contributed by atoms with Crippen LogP contribution in [0.1, 0.15) is 30.9 Å². The summed E-state index contributed by atoms with van der Waals surface area (Å²) in [4.78, 5) is 4.28. The molecule has 5 nitrogen and oxygen atoms in total. The molecule has 0 saturated heterocycles. The van der Waals surface area contributed by atoms with Crippen LogP contribution in [0.15, 0.2) is 59.6 Å². The summed E-state index contributed by atoms with van der Waals surface area (Å²) in [7, 11) is 1.79. The van der Waals surface area contributed by atoms with Crippen molar-refractivity contribution in [3.63, 3.8) is 0 Å². The highest BCUT2D eigenvalue weighted by atomic mass is 127. The maximum Gasteiger partial charge on any atom is 0.191 e. The normalized spacial score (nSPS) is 10.9. The molecule has 0 aliphatic rings. The maximum absolute atomic E-state index is 5.72. The lowest BCUT2D eigenvalue weighted by Gasteiger charge is -2.14. The van der Waals surface area contributed by atoms with Gasteiger partial charge in [0.25, 0.3) is 0 Å². The molecular weight excluding hydrogens is 477 g/mol. The molecule has 0 aliphatic heterocycles. The number of aliphatic imine (C=N–C) groups is 1. The Labute approximate surface area is 192 Å². The molecule has 0 fully saturated rings. The highest BCUT2D eigenvalue weighted by molar-refractivity contribution is 14.0. The van der Waals surface area contributed by atoms with E-state index in [0.29, 0.717) is 13.2 Å². The van der Waals surface area contributed by atoms with Crippen molar-refractivity contribution in [1.82, 2.24) is 10.6 Å². The summed E-state index contributed by atoms with van der Waals surface area (Å²) in [6, 6.07) is 18.5. The Morgan fingerprint density at radius 3 is 2.45 bits per heavy atom. The first-order chi connectivity index (χ1) is 13.8. The van der Waals surface area contributed by atoms with Gasteiger partial charge in [0.2, 0.25) is 0 Å². The Kier molecular flexibility index (Phi) is 14.0. The van der Waals surface area contributed by atoms with E-state index in [0.717, 1.165) is 56.3 Å². The van der Waals surface area contributed by atoms with Crippen molar-refractivity contribution < 1.29 is 9.47 Å². The molecular formula is C23H34IN3O2. The zero-order valence-electron chi connectivity index (χ0n) is 17.5. The minimum absolute atomic E-state index is 0. The molecule has 6 heteroatoms. The molecule has 0 heterocycles. The van der Waals surface area contributed by atoms with Crippen LogP contribution in [0, 0.1) is 0 Å². The van der Waals surface area contributed by atoms with Crippen molar-refractivity contribution in [3.8, 4) is 5.75 Å². The average Bonchev–Trinajstić information content (AvgIpc) is 2.74. The monoisotopic (exact) mass is 511 g/mol. The van der Waals surface area contributed by atoms with Crippen molar-refractivity contribution >= 4 is 29.9 Å². The number of rotatable bonds is 12. The number of hydrogen-bond donors (Lipinski definition) is 2. The molecule has 0 unspecified atom stereocenters. The predicted molar refractivity (Wildman–Crippen MR) is 131 cm³/mol. The van der Waals surface area contributed by atoms with Gasteiger partial charge in [-0.25, -0.2) is 0 Å². The molecule has 2 rings (SSSR count). The molecule has 0 saturated carbocycles. The summed E-state index contributed by atoms with van der Waals surface area (Å²) in [6.45, 7) is 5.78. The highest BCUT2D eigenvalue weighted by Gasteiger charge is 2.03. The Hall–Kier alpha value is -1.80. The molecule has 2 N–H and O–H groups in total. The van der Waals surface area contributed by atoms with E-state index in [1.165, 1.54) is 5.56 Å². The molecule has 160 valence electrons. The molecule has 29 heavy (non-hydrogen) atoms. The van der Waals surface area contributed by atoms with E-state index >= 15 is 0 Å². The van der Waals surface area contributed by atoms with E-state index in [9.17, 15) is 0 Å². The van der Waals surface area contributed by atoms with Crippen molar-refractivity contribution in [2.24, 2.45) is 4.99 Å². The third-order valence-corrected chi connectivity index (χ3v) is 4.33. The van der Waals surface area contributed by atoms with Gasteiger partial charge in [0.1, 0.15) is 5.75 Å². The van der Waals surface area contributed by atoms with Crippen LogP contribution in [0.3, 0.4) is 0 Å². The number of unbranched alkanes of at least 4 members (excludes halogenated alkanes) is 1. The Balaban J connectivity index is 0.00000420. The summed E-state index contributed by atoms with van der Waals surface area (Å²) >= 11 is 0. The average molecular weight is 511 g/mol. The van der Waals surface area contributed by atoms with Gasteiger partial charge in [-0.05, 0) is 37.8 Å². The first-order valence-electron chi connectivity index (χ1n) is 10.1. The molecule has 0 aliphatic carbocycles. The number of nitrogens with zero attached hydrogens (tertiary/aromatic N) is 1. The number of nitrogens with one attached hydrogen (secondary N) is 2. The first-order valence-corrected chi connectivity index (χ1v) is 10.1. The second-order valence-corrected chi connectivity index (χ2v) is 6.45. The smallest absolute Gasteiger partial charge is 0.191 e. The number of halogens is 1. The minimum atomic E-state index is 0. The van der Waals surface area contributed by atoms with E-state index in [-0.39, 0.29) is 24.0 Å². The van der Waals surface area contributed by atoms with Crippen LogP contribution in [-0.4, -0.2) is 39.4 Å². The molecule has 0 aromatic heterocycles. The molecule has 0 atom stereocenters. The van der Waals surface area contributed by atoms with Crippen molar-refractivity contribution in [2.45, 2.75) is 32.7 Å². The van der Waals surface area contributed by atoms with Crippen LogP contribution in [0.5, 0.6) is 5.75 Å². The number of hydrogen-bond acceptors (Lipinski definition) is 3. The van der Waals surface area contributed by atoms with Gasteiger partial charge in [0.15, 0.2) is 5.96 Å². The van der Waals surface area contributed by atoms with Gasteiger partial charge in [0, 0.05) is 32.3 Å². The van der Waals surface area contributed by atoms with Crippen LogP contribution >= 0.6 is 24.0 Å². The Morgan fingerprint density at radius 2 is 1.69 bits per heavy atom. The highest BCUT2D eigenvalue weighted by Crippen LogP contribution is 2.17. The molecule has 2 aromatic carbocycles. The zero-order chi connectivity index (χ0) is 19.9. The van der Waals surface area contributed by atoms with Crippen molar-refractivity contribution in [3.05, 3.63) is 65.7 Å². The topological polar surface area (TPSA) is 54.9 Å². The van der Waals surface area contributed by atoms with Gasteiger partial charge in [-0.1, -0.05) is 48.5 Å². The molecule has 0 radical (unpaired) electrons. The van der Waals surface area contributed by atoms with E-state index in [1.54, 1.807) is 7.05 Å². The fraction of sp³-hybridized carbons (Fsp3) is 0.435. The standard InChI is InChI=1S/C23H33N3O2.HI/c1-3-28-22-14-8-7-13-21(22)19-26-23(24-2)25-16-9-10-17-27-18-15-20-11-5-4-6-12-20;/h4-8,11-14H,3,9-10,15-19H2,1-2H3,(H2,24,25,26);1H. The summed E-state index contributed by atoms with van der Waals surface area (Å²) in [5, 5.41) is 6.69. The summed E-state index contributed by atoms with van der Waals surface area (Å²) in [6.07, 6.45) is 3.05. The van der Waals surface area contributed by atoms with Crippen LogP contribution in [0.25, 0.3) is 0 Å². The van der Waals surface area contributed by atoms with Crippen LogP contribution < -0.4 is 15.4 Å². The van der Waals surface area contributed by atoms with Gasteiger partial charge in [-0.2, -0.15) is 0 Å². The fourth-order valence-corrected chi connectivity index (χ4v) is 2.82. The summed E-state index contributed by atoms with van der Waals surface area (Å²) in [5.41, 5.74) is 2.45. The van der Waals surface area contributed by atoms with Gasteiger partial charge < -0.3 is 20.1 Å². The van der Waals surface area contributed by atoms with Gasteiger partial charge >= 0.3 is 0 Å². The van der Waals surface area contributed by atoms with E-state index in [4.69, 9.17) is 9.47 Å². The first kappa shape index (κ1) is 25.2. The third kappa shape index (κ3) is 10.5. The van der Waals surface area contributed by atoms with E-state index in [2.05, 4.69) is 46.0 Å². The maximum atomic E-state index is 5.72. The van der Waals surface area contributed by atoms with Crippen molar-refractivity contribution in [1.29, 1.82) is 0 Å². The van der Waals surface area contributed by atoms with Crippen molar-refractivity contribution in [2.75, 3.05) is 33.4 Å². The fourth-order valence-electron chi connectivity index (χ4n) is 2.82. The summed E-state index contributed by atoms with van der Waals surface area (Å²) in [5.74, 6) is 1.72. The lowest BCUT2D eigenvalue weighted by Crippen LogP contribution is -2.37. The lowest BCUT2D eigenvalue weighted by molar-refractivity contribution is 0.133. The van der Waals surface area contributed by atoms with Crippen LogP contribution in [-0.2, 0) is 17.7 Å². The number of guanidine groups is 1. The van der Waals surface area contributed by atoms with Gasteiger partial charge in [-0.3, -0.25) is 4.99 Å². The number of para-hydroxylation sites is 1. The minimum Gasteiger partial charge on any atom is -0.494 e. The zero-order valence-corrected chi connectivity index (χ0v) is 19.9. The SMILES string of the molecule is CCOc1ccccc1CNC(=NC)NCCCCOCCc1ccccc1.I. The second-order valence-electron chi connectivity index (χ2n) is 6.45. The summed E-state index contributed by atoms with van der Waals surface area (Å²) < 4.78 is 11.4. The Morgan fingerprint density at radius 1 is 0.931 bits per heavy atom. The second kappa shape index (κ2) is 16.0. The third-order valence-electron chi connectivity index (χ3n) is 4.33. The van der Waals surface area contributed by atoms with E-state index < -0.39 is 0 Å². The number of benzene rings is 2. The predicted octanol–water partition coefficient (Wildman–Crippen LogP) is 4.41. The molecule has 0 amide bonds. The van der Waals surface area contributed by atoms with Crippen LogP contribution in [0.4, 0.5) is 0 Å².